The number of rotatable bonds is 4. The number of nitrogens with one attached hydrogen (secondary N) is 1. The normalized spacial score (nSPS) is 15.9. The fraction of sp³-hybridized carbons (Fsp3) is 0.409. The third-order valence-electron chi connectivity index (χ3n) is 5.51. The van der Waals surface area contributed by atoms with Crippen LogP contribution in [0.3, 0.4) is 0 Å². The first-order valence-electron chi connectivity index (χ1n) is 10.3. The van der Waals surface area contributed by atoms with Crippen LogP contribution < -0.4 is 10.2 Å². The van der Waals surface area contributed by atoms with Crippen LogP contribution in [0, 0.1) is 12.7 Å². The number of benzene rings is 1. The number of hydrogen-bond acceptors (Lipinski definition) is 5. The Labute approximate surface area is 177 Å². The summed E-state index contributed by atoms with van der Waals surface area (Å²) in [4.78, 5) is 15.6. The van der Waals surface area contributed by atoms with Gasteiger partial charge in [-0.3, -0.25) is 0 Å². The van der Waals surface area contributed by atoms with E-state index in [0.717, 1.165) is 37.8 Å². The number of alkyl halides is 3. The van der Waals surface area contributed by atoms with E-state index in [0.29, 0.717) is 22.5 Å². The summed E-state index contributed by atoms with van der Waals surface area (Å²) in [5.41, 5.74) is -0.740. The van der Waals surface area contributed by atoms with E-state index in [1.807, 2.05) is 6.07 Å². The molecule has 0 aliphatic carbocycles. The predicted octanol–water partition coefficient (Wildman–Crippen LogP) is 5.65. The van der Waals surface area contributed by atoms with E-state index >= 15 is 0 Å². The van der Waals surface area contributed by atoms with E-state index in [1.165, 1.54) is 18.6 Å². The summed E-state index contributed by atoms with van der Waals surface area (Å²) in [6.07, 6.45) is 0.309. The Morgan fingerprint density at radius 2 is 1.84 bits per heavy atom. The summed E-state index contributed by atoms with van der Waals surface area (Å²) in [5.74, 6) is 0.452. The quantitative estimate of drug-likeness (QED) is 0.539. The van der Waals surface area contributed by atoms with Gasteiger partial charge in [0.2, 0.25) is 0 Å². The molecule has 0 radical (unpaired) electrons. The monoisotopic (exact) mass is 433 g/mol. The van der Waals surface area contributed by atoms with Gasteiger partial charge in [-0.1, -0.05) is 12.1 Å². The molecule has 3 aromatic rings. The Morgan fingerprint density at radius 3 is 2.55 bits per heavy atom. The second kappa shape index (κ2) is 8.28. The van der Waals surface area contributed by atoms with Crippen LogP contribution >= 0.6 is 0 Å². The van der Waals surface area contributed by atoms with Gasteiger partial charge in [-0.05, 0) is 45.2 Å². The topological polar surface area (TPSA) is 53.9 Å². The number of halogens is 4. The number of fused-ring (bicyclic) bond motifs is 1. The zero-order valence-electron chi connectivity index (χ0n) is 17.3. The first-order valence-corrected chi connectivity index (χ1v) is 10.3. The van der Waals surface area contributed by atoms with E-state index in [2.05, 4.69) is 25.2 Å². The van der Waals surface area contributed by atoms with Crippen LogP contribution in [-0.2, 0) is 6.18 Å². The van der Waals surface area contributed by atoms with Gasteiger partial charge < -0.3 is 10.2 Å². The fourth-order valence-electron chi connectivity index (χ4n) is 3.93. The molecule has 2 aromatic heterocycles. The molecule has 0 amide bonds. The molecule has 0 saturated carbocycles. The molecule has 31 heavy (non-hydrogen) atoms. The van der Waals surface area contributed by atoms with E-state index in [4.69, 9.17) is 0 Å². The van der Waals surface area contributed by atoms with E-state index in [-0.39, 0.29) is 5.56 Å². The largest absolute Gasteiger partial charge is 0.419 e. The van der Waals surface area contributed by atoms with Gasteiger partial charge in [0.05, 0.1) is 23.3 Å². The molecular weight excluding hydrogens is 410 g/mol. The number of pyridine rings is 1. The van der Waals surface area contributed by atoms with Crippen molar-refractivity contribution < 1.29 is 17.6 Å². The number of nitrogens with zero attached hydrogens (tertiary/aromatic N) is 4. The summed E-state index contributed by atoms with van der Waals surface area (Å²) >= 11 is 0. The highest BCUT2D eigenvalue weighted by Crippen LogP contribution is 2.35. The molecule has 164 valence electrons. The van der Waals surface area contributed by atoms with Crippen LogP contribution in [0.25, 0.3) is 10.9 Å². The Bertz CT molecular complexity index is 1090. The molecule has 1 aliphatic rings. The van der Waals surface area contributed by atoms with E-state index in [1.54, 1.807) is 20.0 Å². The minimum atomic E-state index is -4.76. The molecule has 1 atom stereocenters. The summed E-state index contributed by atoms with van der Waals surface area (Å²) in [5, 5.41) is 3.78. The molecule has 0 unspecified atom stereocenters. The van der Waals surface area contributed by atoms with Crippen molar-refractivity contribution in [3.63, 3.8) is 0 Å². The van der Waals surface area contributed by atoms with Gasteiger partial charge in [-0.15, -0.1) is 0 Å². The number of aromatic nitrogens is 3. The first kappa shape index (κ1) is 21.3. The van der Waals surface area contributed by atoms with Crippen LogP contribution in [0.1, 0.15) is 49.2 Å². The Kier molecular flexibility index (Phi) is 5.68. The summed E-state index contributed by atoms with van der Waals surface area (Å²) in [6, 6.07) is 4.44. The SMILES string of the molecule is Cc1nc(N[C@H](C)c2cccc(C(F)(F)F)c2F)c2cc(N3CCCCC3)ncc2n1. The molecule has 3 heterocycles. The lowest BCUT2D eigenvalue weighted by Gasteiger charge is -2.28. The average molecular weight is 433 g/mol. The second-order valence-electron chi connectivity index (χ2n) is 7.80. The van der Waals surface area contributed by atoms with Crippen LogP contribution in [0.4, 0.5) is 29.2 Å². The van der Waals surface area contributed by atoms with Gasteiger partial charge in [-0.2, -0.15) is 13.2 Å². The van der Waals surface area contributed by atoms with Gasteiger partial charge in [-0.25, -0.2) is 19.3 Å². The van der Waals surface area contributed by atoms with Gasteiger partial charge >= 0.3 is 6.18 Å². The molecule has 0 bridgehead atoms. The predicted molar refractivity (Wildman–Crippen MR) is 112 cm³/mol. The van der Waals surface area contributed by atoms with Crippen LogP contribution in [0.15, 0.2) is 30.5 Å². The van der Waals surface area contributed by atoms with Gasteiger partial charge in [0.25, 0.3) is 0 Å². The highest BCUT2D eigenvalue weighted by Gasteiger charge is 2.35. The van der Waals surface area contributed by atoms with Crippen molar-refractivity contribution in [2.45, 2.75) is 45.3 Å². The number of hydrogen-bond donors (Lipinski definition) is 1. The maximum atomic E-state index is 14.6. The molecule has 1 aromatic carbocycles. The summed E-state index contributed by atoms with van der Waals surface area (Å²) in [7, 11) is 0. The van der Waals surface area contributed by atoms with E-state index in [9.17, 15) is 17.6 Å². The van der Waals surface area contributed by atoms with Gasteiger partial charge in [0, 0.05) is 24.0 Å². The third-order valence-corrected chi connectivity index (χ3v) is 5.51. The molecule has 5 nitrogen and oxygen atoms in total. The van der Waals surface area contributed by atoms with Crippen LogP contribution in [0.5, 0.6) is 0 Å². The maximum Gasteiger partial charge on any atom is 0.419 e. The van der Waals surface area contributed by atoms with Gasteiger partial charge in [0.15, 0.2) is 0 Å². The molecule has 1 fully saturated rings. The van der Waals surface area contributed by atoms with Crippen LogP contribution in [-0.4, -0.2) is 28.0 Å². The Hall–Kier alpha value is -2.97. The van der Waals surface area contributed by atoms with Crippen molar-refractivity contribution in [1.29, 1.82) is 0 Å². The van der Waals surface area contributed by atoms with Crippen molar-refractivity contribution in [3.05, 3.63) is 53.2 Å². The Morgan fingerprint density at radius 1 is 1.10 bits per heavy atom. The molecule has 1 N–H and O–H groups in total. The summed E-state index contributed by atoms with van der Waals surface area (Å²) < 4.78 is 53.9. The zero-order valence-corrected chi connectivity index (χ0v) is 17.3. The number of piperidine rings is 1. The fourth-order valence-corrected chi connectivity index (χ4v) is 3.93. The highest BCUT2D eigenvalue weighted by molar-refractivity contribution is 5.90. The Balaban J connectivity index is 1.70. The van der Waals surface area contributed by atoms with Gasteiger partial charge in [0.1, 0.15) is 23.3 Å². The lowest BCUT2D eigenvalue weighted by Crippen LogP contribution is -2.30. The number of aryl methyl sites for hydroxylation is 1. The minimum absolute atomic E-state index is 0.0791. The molecule has 0 spiro atoms. The van der Waals surface area contributed by atoms with Crippen molar-refractivity contribution in [1.82, 2.24) is 15.0 Å². The molecule has 1 aliphatic heterocycles. The molecule has 9 heteroatoms. The highest BCUT2D eigenvalue weighted by atomic mass is 19.4. The third kappa shape index (κ3) is 4.40. The maximum absolute atomic E-state index is 14.6. The smallest absolute Gasteiger partial charge is 0.363 e. The molecule has 4 rings (SSSR count). The molecule has 1 saturated heterocycles. The second-order valence-corrected chi connectivity index (χ2v) is 7.80. The number of anilines is 2. The first-order chi connectivity index (χ1) is 14.7. The van der Waals surface area contributed by atoms with E-state index < -0.39 is 23.6 Å². The standard InChI is InChI=1S/C22H23F4N5/c1-13(15-7-6-8-17(20(15)23)22(24,25)26)28-21-16-11-19(31-9-4-3-5-10-31)27-12-18(16)29-14(2)30-21/h6-8,11-13H,3-5,9-10H2,1-2H3,(H,28,29,30)/t13-/m1/s1. The minimum Gasteiger partial charge on any atom is -0.363 e. The van der Waals surface area contributed by atoms with Crippen molar-refractivity contribution in [2.24, 2.45) is 0 Å². The summed E-state index contributed by atoms with van der Waals surface area (Å²) in [6.45, 7) is 5.16. The average Bonchev–Trinajstić information content (AvgIpc) is 2.73. The van der Waals surface area contributed by atoms with Crippen molar-refractivity contribution in [3.8, 4) is 0 Å². The zero-order chi connectivity index (χ0) is 22.2. The van der Waals surface area contributed by atoms with Crippen molar-refractivity contribution >= 4 is 22.5 Å². The lowest BCUT2D eigenvalue weighted by atomic mass is 10.0. The lowest BCUT2D eigenvalue weighted by molar-refractivity contribution is -0.140. The molecular formula is C22H23F4N5. The van der Waals surface area contributed by atoms with Crippen LogP contribution in [0.2, 0.25) is 0 Å². The van der Waals surface area contributed by atoms with Crippen molar-refractivity contribution in [2.75, 3.05) is 23.3 Å².